The Morgan fingerprint density at radius 3 is 2.29 bits per heavy atom. The van der Waals surface area contributed by atoms with Gasteiger partial charge in [-0.25, -0.2) is 0 Å². The molecule has 0 heterocycles. The van der Waals surface area contributed by atoms with Gasteiger partial charge in [-0.2, -0.15) is 0 Å². The van der Waals surface area contributed by atoms with E-state index in [0.29, 0.717) is 11.5 Å². The average molecular weight is 240 g/mol. The first-order valence-corrected chi connectivity index (χ1v) is 7.34. The largest absolute Gasteiger partial charge is 0.313 e. The second kappa shape index (κ2) is 6.75. The zero-order valence-electron chi connectivity index (χ0n) is 12.6. The fraction of sp³-hybridized carbons (Fsp3) is 1.00. The monoisotopic (exact) mass is 240 g/mol. The highest BCUT2D eigenvalue weighted by molar-refractivity contribution is 4.83. The Morgan fingerprint density at radius 1 is 1.24 bits per heavy atom. The van der Waals surface area contributed by atoms with Gasteiger partial charge in [0.25, 0.3) is 0 Å². The molecule has 1 fully saturated rings. The van der Waals surface area contributed by atoms with Gasteiger partial charge in [0.05, 0.1) is 0 Å². The summed E-state index contributed by atoms with van der Waals surface area (Å²) in [5.74, 6) is 0.914. The van der Waals surface area contributed by atoms with Gasteiger partial charge < -0.3 is 10.2 Å². The van der Waals surface area contributed by atoms with Crippen molar-refractivity contribution in [2.24, 2.45) is 11.3 Å². The zero-order valence-corrected chi connectivity index (χ0v) is 12.6. The molecule has 0 aromatic heterocycles. The summed E-state index contributed by atoms with van der Waals surface area (Å²) in [7, 11) is 2.27. The fourth-order valence-electron chi connectivity index (χ4n) is 3.21. The highest BCUT2D eigenvalue weighted by Crippen LogP contribution is 2.28. The number of hydrogen-bond donors (Lipinski definition) is 1. The summed E-state index contributed by atoms with van der Waals surface area (Å²) in [5, 5.41) is 3.70. The van der Waals surface area contributed by atoms with E-state index in [2.05, 4.69) is 45.0 Å². The molecule has 1 aliphatic carbocycles. The molecule has 2 heteroatoms. The highest BCUT2D eigenvalue weighted by Gasteiger charge is 2.26. The quantitative estimate of drug-likeness (QED) is 0.767. The lowest BCUT2D eigenvalue weighted by Gasteiger charge is -2.32. The van der Waals surface area contributed by atoms with Gasteiger partial charge in [-0.15, -0.1) is 0 Å². The van der Waals surface area contributed by atoms with Crippen molar-refractivity contribution in [1.29, 1.82) is 0 Å². The Balaban J connectivity index is 2.42. The summed E-state index contributed by atoms with van der Waals surface area (Å²) < 4.78 is 0. The number of likely N-dealkylation sites (N-methyl/N-ethyl adjacent to an activating group) is 2. The minimum absolute atomic E-state index is 0.404. The molecule has 1 atom stereocenters. The van der Waals surface area contributed by atoms with Crippen molar-refractivity contribution in [2.75, 3.05) is 26.7 Å². The van der Waals surface area contributed by atoms with Crippen molar-refractivity contribution in [3.05, 3.63) is 0 Å². The van der Waals surface area contributed by atoms with Crippen molar-refractivity contribution < 1.29 is 0 Å². The van der Waals surface area contributed by atoms with Crippen molar-refractivity contribution in [3.8, 4) is 0 Å². The van der Waals surface area contributed by atoms with Gasteiger partial charge in [-0.1, -0.05) is 40.5 Å². The lowest BCUT2D eigenvalue weighted by Crippen LogP contribution is -2.45. The van der Waals surface area contributed by atoms with Crippen LogP contribution in [0.2, 0.25) is 0 Å². The van der Waals surface area contributed by atoms with Crippen molar-refractivity contribution in [3.63, 3.8) is 0 Å². The van der Waals surface area contributed by atoms with E-state index in [1.54, 1.807) is 0 Å². The van der Waals surface area contributed by atoms with E-state index >= 15 is 0 Å². The predicted octanol–water partition coefficient (Wildman–Crippen LogP) is 3.13. The molecule has 0 spiro atoms. The third kappa shape index (κ3) is 5.87. The summed E-state index contributed by atoms with van der Waals surface area (Å²) in [6.07, 6.45) is 5.74. The van der Waals surface area contributed by atoms with Gasteiger partial charge in [-0.3, -0.25) is 0 Å². The van der Waals surface area contributed by atoms with Crippen LogP contribution in [0, 0.1) is 11.3 Å². The second-order valence-electron chi connectivity index (χ2n) is 6.97. The maximum absolute atomic E-state index is 3.70. The first kappa shape index (κ1) is 15.0. The molecular weight excluding hydrogens is 208 g/mol. The van der Waals surface area contributed by atoms with Gasteiger partial charge in [-0.05, 0) is 37.8 Å². The summed E-state index contributed by atoms with van der Waals surface area (Å²) >= 11 is 0. The lowest BCUT2D eigenvalue weighted by molar-refractivity contribution is 0.187. The Hall–Kier alpha value is -0.0800. The van der Waals surface area contributed by atoms with Crippen LogP contribution in [0.5, 0.6) is 0 Å². The van der Waals surface area contributed by atoms with Crippen LogP contribution in [0.15, 0.2) is 0 Å². The summed E-state index contributed by atoms with van der Waals surface area (Å²) in [6.45, 7) is 12.7. The van der Waals surface area contributed by atoms with Gasteiger partial charge in [0.2, 0.25) is 0 Å². The van der Waals surface area contributed by atoms with Crippen LogP contribution < -0.4 is 5.32 Å². The van der Waals surface area contributed by atoms with Gasteiger partial charge in [0.1, 0.15) is 0 Å². The van der Waals surface area contributed by atoms with Crippen LogP contribution >= 0.6 is 0 Å². The second-order valence-corrected chi connectivity index (χ2v) is 6.97. The van der Waals surface area contributed by atoms with Crippen LogP contribution in [-0.2, 0) is 0 Å². The molecule has 0 aromatic carbocycles. The molecule has 0 bridgehead atoms. The van der Waals surface area contributed by atoms with E-state index in [-0.39, 0.29) is 0 Å². The number of nitrogens with zero attached hydrogens (tertiary/aromatic N) is 1. The van der Waals surface area contributed by atoms with E-state index in [9.17, 15) is 0 Å². The molecule has 17 heavy (non-hydrogen) atoms. The summed E-state index contributed by atoms with van der Waals surface area (Å²) in [6, 6.07) is 0.704. The van der Waals surface area contributed by atoms with Crippen molar-refractivity contribution in [2.45, 2.75) is 59.4 Å². The van der Waals surface area contributed by atoms with Crippen LogP contribution in [0.25, 0.3) is 0 Å². The average Bonchev–Trinajstić information content (AvgIpc) is 2.66. The Morgan fingerprint density at radius 2 is 1.82 bits per heavy atom. The third-order valence-corrected chi connectivity index (χ3v) is 3.69. The SMILES string of the molecule is CCNC(CN(C)CC(C)(C)C)C1CCCC1. The minimum Gasteiger partial charge on any atom is -0.313 e. The van der Waals surface area contributed by atoms with Crippen LogP contribution in [0.3, 0.4) is 0 Å². The number of nitrogens with one attached hydrogen (secondary N) is 1. The standard InChI is InChI=1S/C15H32N2/c1-6-16-14(13-9-7-8-10-13)11-17(5)12-15(2,3)4/h13-14,16H,6-12H2,1-5H3. The Labute approximate surface area is 108 Å². The minimum atomic E-state index is 0.404. The molecular formula is C15H32N2. The van der Waals surface area contributed by atoms with E-state index < -0.39 is 0 Å². The van der Waals surface area contributed by atoms with E-state index in [1.807, 2.05) is 0 Å². The molecule has 0 saturated heterocycles. The van der Waals surface area contributed by atoms with Gasteiger partial charge in [0.15, 0.2) is 0 Å². The van der Waals surface area contributed by atoms with Gasteiger partial charge >= 0.3 is 0 Å². The summed E-state index contributed by atoms with van der Waals surface area (Å²) in [4.78, 5) is 2.51. The van der Waals surface area contributed by atoms with Crippen LogP contribution in [-0.4, -0.2) is 37.6 Å². The fourth-order valence-corrected chi connectivity index (χ4v) is 3.21. The number of hydrogen-bond acceptors (Lipinski definition) is 2. The molecule has 0 aromatic rings. The molecule has 1 aliphatic rings. The molecule has 1 unspecified atom stereocenters. The summed E-state index contributed by atoms with van der Waals surface area (Å²) in [5.41, 5.74) is 0.404. The Bertz CT molecular complexity index is 201. The molecule has 2 nitrogen and oxygen atoms in total. The molecule has 0 amide bonds. The molecule has 1 rings (SSSR count). The maximum Gasteiger partial charge on any atom is 0.0223 e. The van der Waals surface area contributed by atoms with Crippen LogP contribution in [0.4, 0.5) is 0 Å². The van der Waals surface area contributed by atoms with E-state index in [0.717, 1.165) is 12.5 Å². The van der Waals surface area contributed by atoms with Crippen molar-refractivity contribution in [1.82, 2.24) is 10.2 Å². The van der Waals surface area contributed by atoms with Crippen LogP contribution in [0.1, 0.15) is 53.4 Å². The third-order valence-electron chi connectivity index (χ3n) is 3.69. The lowest BCUT2D eigenvalue weighted by atomic mass is 9.94. The normalized spacial score (nSPS) is 20.1. The predicted molar refractivity (Wildman–Crippen MR) is 76.4 cm³/mol. The topological polar surface area (TPSA) is 15.3 Å². The first-order valence-electron chi connectivity index (χ1n) is 7.34. The number of rotatable bonds is 6. The van der Waals surface area contributed by atoms with E-state index in [4.69, 9.17) is 0 Å². The van der Waals surface area contributed by atoms with E-state index in [1.165, 1.54) is 38.8 Å². The molecule has 1 N–H and O–H groups in total. The first-order chi connectivity index (χ1) is 7.92. The maximum atomic E-state index is 3.70. The molecule has 0 aliphatic heterocycles. The highest BCUT2D eigenvalue weighted by atomic mass is 15.1. The van der Waals surface area contributed by atoms with Crippen molar-refractivity contribution >= 4 is 0 Å². The molecule has 1 saturated carbocycles. The smallest absolute Gasteiger partial charge is 0.0223 e. The Kier molecular flexibility index (Phi) is 5.94. The molecule has 102 valence electrons. The molecule has 0 radical (unpaired) electrons. The zero-order chi connectivity index (χ0) is 12.9. The van der Waals surface area contributed by atoms with Gasteiger partial charge in [0, 0.05) is 19.1 Å².